The van der Waals surface area contributed by atoms with Crippen molar-refractivity contribution in [1.29, 1.82) is 0 Å². The van der Waals surface area contributed by atoms with Crippen LogP contribution in [0.25, 0.3) is 0 Å². The number of nitrogens with one attached hydrogen (secondary N) is 1. The van der Waals surface area contributed by atoms with Gasteiger partial charge in [0.25, 0.3) is 0 Å². The largest absolute Gasteiger partial charge is 0.381 e. The van der Waals surface area contributed by atoms with Gasteiger partial charge in [-0.2, -0.15) is 0 Å². The van der Waals surface area contributed by atoms with Crippen LogP contribution in [-0.2, 0) is 14.3 Å². The Balaban J connectivity index is 0.00000225. The van der Waals surface area contributed by atoms with Gasteiger partial charge in [0.05, 0.1) is 16.8 Å². The van der Waals surface area contributed by atoms with Crippen LogP contribution in [0.2, 0.25) is 5.02 Å². The summed E-state index contributed by atoms with van der Waals surface area (Å²) in [5.41, 5.74) is 6.75. The van der Waals surface area contributed by atoms with Gasteiger partial charge in [0.2, 0.25) is 11.8 Å². The molecule has 2 saturated heterocycles. The number of nitrogens with two attached hydrogens (primary N) is 1. The van der Waals surface area contributed by atoms with Gasteiger partial charge in [-0.1, -0.05) is 23.7 Å². The Bertz CT molecular complexity index is 623. The molecule has 0 bridgehead atoms. The van der Waals surface area contributed by atoms with Crippen molar-refractivity contribution in [2.24, 2.45) is 11.7 Å². The molecule has 0 spiro atoms. The second kappa shape index (κ2) is 8.85. The Labute approximate surface area is 158 Å². The first-order valence-electron chi connectivity index (χ1n) is 8.27. The minimum absolute atomic E-state index is 0. The molecule has 1 aromatic carbocycles. The summed E-state index contributed by atoms with van der Waals surface area (Å²) in [6.45, 7) is 1.79. The van der Waals surface area contributed by atoms with E-state index < -0.39 is 12.1 Å². The topological polar surface area (TPSA) is 84.7 Å². The molecule has 2 heterocycles. The fourth-order valence-corrected chi connectivity index (χ4v) is 3.52. The van der Waals surface area contributed by atoms with Crippen LogP contribution in [0.3, 0.4) is 0 Å². The SMILES string of the molecule is Cl.NC(C(=O)NC1CCN(c2ccccc2Cl)C1=O)C1CCOCC1. The maximum absolute atomic E-state index is 12.6. The van der Waals surface area contributed by atoms with E-state index in [4.69, 9.17) is 22.1 Å². The van der Waals surface area contributed by atoms with Crippen LogP contribution in [0, 0.1) is 5.92 Å². The van der Waals surface area contributed by atoms with E-state index in [0.717, 1.165) is 12.8 Å². The zero-order valence-electron chi connectivity index (χ0n) is 13.8. The van der Waals surface area contributed by atoms with Gasteiger partial charge in [0.15, 0.2) is 0 Å². The van der Waals surface area contributed by atoms with Crippen LogP contribution in [-0.4, -0.2) is 43.7 Å². The first-order chi connectivity index (χ1) is 11.6. The molecule has 3 N–H and O–H groups in total. The standard InChI is InChI=1S/C17H22ClN3O3.ClH/c18-12-3-1-2-4-14(12)21-8-5-13(17(21)23)20-16(22)15(19)11-6-9-24-10-7-11;/h1-4,11,13,15H,5-10,19H2,(H,20,22);1H. The molecule has 2 aliphatic heterocycles. The van der Waals surface area contributed by atoms with E-state index in [1.54, 1.807) is 17.0 Å². The van der Waals surface area contributed by atoms with Gasteiger partial charge < -0.3 is 20.7 Å². The molecule has 25 heavy (non-hydrogen) atoms. The molecule has 2 aliphatic rings. The highest BCUT2D eigenvalue weighted by Gasteiger charge is 2.36. The van der Waals surface area contributed by atoms with Crippen molar-refractivity contribution in [2.45, 2.75) is 31.3 Å². The summed E-state index contributed by atoms with van der Waals surface area (Å²) in [5, 5.41) is 3.33. The van der Waals surface area contributed by atoms with Crippen LogP contribution in [0.15, 0.2) is 24.3 Å². The fraction of sp³-hybridized carbons (Fsp3) is 0.529. The smallest absolute Gasteiger partial charge is 0.249 e. The lowest BCUT2D eigenvalue weighted by Gasteiger charge is -2.27. The molecule has 2 unspecified atom stereocenters. The lowest BCUT2D eigenvalue weighted by molar-refractivity contribution is -0.128. The number of hydrogen-bond acceptors (Lipinski definition) is 4. The Morgan fingerprint density at radius 3 is 2.64 bits per heavy atom. The highest BCUT2D eigenvalue weighted by molar-refractivity contribution is 6.34. The average Bonchev–Trinajstić information content (AvgIpc) is 2.96. The van der Waals surface area contributed by atoms with E-state index in [1.807, 2.05) is 12.1 Å². The Hall–Kier alpha value is -1.34. The molecular formula is C17H23Cl2N3O3. The van der Waals surface area contributed by atoms with Gasteiger partial charge in [-0.25, -0.2) is 0 Å². The molecule has 0 radical (unpaired) electrons. The summed E-state index contributed by atoms with van der Waals surface area (Å²) in [4.78, 5) is 26.6. The summed E-state index contributed by atoms with van der Waals surface area (Å²) in [6, 6.07) is 6.06. The molecule has 0 aromatic heterocycles. The molecule has 0 aliphatic carbocycles. The van der Waals surface area contributed by atoms with Crippen LogP contribution < -0.4 is 16.0 Å². The maximum atomic E-state index is 12.6. The van der Waals surface area contributed by atoms with Crippen molar-refractivity contribution in [1.82, 2.24) is 5.32 Å². The second-order valence-electron chi connectivity index (χ2n) is 6.27. The summed E-state index contributed by atoms with van der Waals surface area (Å²) < 4.78 is 5.29. The van der Waals surface area contributed by atoms with Gasteiger partial charge in [0, 0.05) is 19.8 Å². The Morgan fingerprint density at radius 1 is 1.28 bits per heavy atom. The lowest BCUT2D eigenvalue weighted by Crippen LogP contribution is -2.51. The van der Waals surface area contributed by atoms with Crippen molar-refractivity contribution in [3.63, 3.8) is 0 Å². The average molecular weight is 388 g/mol. The number of halogens is 2. The molecule has 6 nitrogen and oxygen atoms in total. The number of carbonyl (C=O) groups is 2. The van der Waals surface area contributed by atoms with Crippen molar-refractivity contribution in [2.75, 3.05) is 24.7 Å². The Morgan fingerprint density at radius 2 is 1.96 bits per heavy atom. The van der Waals surface area contributed by atoms with Crippen LogP contribution in [0.1, 0.15) is 19.3 Å². The van der Waals surface area contributed by atoms with Crippen LogP contribution >= 0.6 is 24.0 Å². The quantitative estimate of drug-likeness (QED) is 0.823. The minimum atomic E-state index is -0.601. The van der Waals surface area contributed by atoms with Crippen LogP contribution in [0.5, 0.6) is 0 Å². The first-order valence-corrected chi connectivity index (χ1v) is 8.65. The second-order valence-corrected chi connectivity index (χ2v) is 6.67. The number of carbonyl (C=O) groups excluding carboxylic acids is 2. The molecule has 138 valence electrons. The van der Waals surface area contributed by atoms with Gasteiger partial charge in [-0.15, -0.1) is 12.4 Å². The molecule has 1 aromatic rings. The third-order valence-electron chi connectivity index (χ3n) is 4.74. The fourth-order valence-electron chi connectivity index (χ4n) is 3.28. The highest BCUT2D eigenvalue weighted by atomic mass is 35.5. The van der Waals surface area contributed by atoms with E-state index in [1.165, 1.54) is 0 Å². The van der Waals surface area contributed by atoms with E-state index in [0.29, 0.717) is 36.9 Å². The number of rotatable bonds is 4. The molecule has 2 atom stereocenters. The van der Waals surface area contributed by atoms with Gasteiger partial charge in [-0.3, -0.25) is 9.59 Å². The first kappa shape index (κ1) is 20.0. The number of amides is 2. The molecular weight excluding hydrogens is 365 g/mol. The van der Waals surface area contributed by atoms with Gasteiger partial charge >= 0.3 is 0 Å². The van der Waals surface area contributed by atoms with E-state index in [9.17, 15) is 9.59 Å². The number of hydrogen-bond donors (Lipinski definition) is 2. The predicted molar refractivity (Wildman–Crippen MR) is 99.1 cm³/mol. The van der Waals surface area contributed by atoms with Crippen molar-refractivity contribution in [3.05, 3.63) is 29.3 Å². The van der Waals surface area contributed by atoms with Crippen LogP contribution in [0.4, 0.5) is 5.69 Å². The summed E-state index contributed by atoms with van der Waals surface area (Å²) in [6.07, 6.45) is 2.11. The normalized spacial score (nSPS) is 22.4. The predicted octanol–water partition coefficient (Wildman–Crippen LogP) is 1.74. The number of anilines is 1. The molecule has 8 heteroatoms. The number of para-hydroxylation sites is 1. The van der Waals surface area contributed by atoms with Crippen molar-refractivity contribution >= 4 is 41.5 Å². The highest BCUT2D eigenvalue weighted by Crippen LogP contribution is 2.29. The Kier molecular flexibility index (Phi) is 7.07. The maximum Gasteiger partial charge on any atom is 0.249 e. The van der Waals surface area contributed by atoms with Crippen molar-refractivity contribution in [3.8, 4) is 0 Å². The number of benzene rings is 1. The number of ether oxygens (including phenoxy) is 1. The van der Waals surface area contributed by atoms with Gasteiger partial charge in [-0.05, 0) is 37.3 Å². The molecule has 3 rings (SSSR count). The van der Waals surface area contributed by atoms with Gasteiger partial charge in [0.1, 0.15) is 6.04 Å². The number of nitrogens with zero attached hydrogens (tertiary/aromatic N) is 1. The third-order valence-corrected chi connectivity index (χ3v) is 5.06. The summed E-state index contributed by atoms with van der Waals surface area (Å²) in [5.74, 6) is -0.299. The molecule has 2 fully saturated rings. The van der Waals surface area contributed by atoms with E-state index >= 15 is 0 Å². The van der Waals surface area contributed by atoms with Crippen molar-refractivity contribution < 1.29 is 14.3 Å². The molecule has 0 saturated carbocycles. The van der Waals surface area contributed by atoms with E-state index in [-0.39, 0.29) is 30.1 Å². The lowest BCUT2D eigenvalue weighted by atomic mass is 9.91. The monoisotopic (exact) mass is 387 g/mol. The van der Waals surface area contributed by atoms with E-state index in [2.05, 4.69) is 5.32 Å². The minimum Gasteiger partial charge on any atom is -0.381 e. The summed E-state index contributed by atoms with van der Waals surface area (Å²) >= 11 is 6.16. The third kappa shape index (κ3) is 4.44. The summed E-state index contributed by atoms with van der Waals surface area (Å²) in [7, 11) is 0. The zero-order valence-corrected chi connectivity index (χ0v) is 15.4. The zero-order chi connectivity index (χ0) is 17.1. The molecule has 2 amide bonds.